The first kappa shape index (κ1) is 19.6. The third kappa shape index (κ3) is 5.69. The van der Waals surface area contributed by atoms with E-state index in [1.165, 1.54) is 12.1 Å². The topological polar surface area (TPSA) is 49.4 Å². The van der Waals surface area contributed by atoms with Crippen LogP contribution in [0.2, 0.25) is 0 Å². The third-order valence-corrected chi connectivity index (χ3v) is 4.27. The molecule has 1 atom stereocenters. The third-order valence-electron chi connectivity index (χ3n) is 4.27. The number of nitrogens with one attached hydrogen (secondary N) is 1. The molecular formula is C21H25FN2O2. The Kier molecular flexibility index (Phi) is 7.33. The highest BCUT2D eigenvalue weighted by Gasteiger charge is 2.25. The van der Waals surface area contributed by atoms with Gasteiger partial charge in [-0.15, -0.1) is 0 Å². The largest absolute Gasteiger partial charge is 0.355 e. The average Bonchev–Trinajstić information content (AvgIpc) is 2.64. The Labute approximate surface area is 154 Å². The first-order valence-corrected chi connectivity index (χ1v) is 8.86. The number of amides is 2. The van der Waals surface area contributed by atoms with Crippen LogP contribution in [0.15, 0.2) is 54.6 Å². The fourth-order valence-corrected chi connectivity index (χ4v) is 2.77. The number of hydrogen-bond acceptors (Lipinski definition) is 2. The zero-order chi connectivity index (χ0) is 18.9. The number of hydrogen-bond donors (Lipinski definition) is 1. The molecule has 0 unspecified atom stereocenters. The number of carbonyl (C=O) groups is 2. The molecule has 2 amide bonds. The summed E-state index contributed by atoms with van der Waals surface area (Å²) in [5.41, 5.74) is 1.83. The molecular weight excluding hydrogens is 331 g/mol. The van der Waals surface area contributed by atoms with Crippen LogP contribution in [0.3, 0.4) is 0 Å². The SMILES string of the molecule is CCNC(=O)[C@@H](C)N(CCc1ccccc1)C(=O)Cc1ccc(F)cc1. The van der Waals surface area contributed by atoms with Crippen molar-refractivity contribution >= 4 is 11.8 Å². The van der Waals surface area contributed by atoms with Crippen LogP contribution in [0.4, 0.5) is 4.39 Å². The number of carbonyl (C=O) groups excluding carboxylic acids is 2. The van der Waals surface area contributed by atoms with Crippen molar-refractivity contribution in [1.82, 2.24) is 10.2 Å². The molecule has 2 aromatic carbocycles. The van der Waals surface area contributed by atoms with E-state index in [-0.39, 0.29) is 24.1 Å². The van der Waals surface area contributed by atoms with Crippen LogP contribution in [0.25, 0.3) is 0 Å². The van der Waals surface area contributed by atoms with E-state index >= 15 is 0 Å². The van der Waals surface area contributed by atoms with Crippen molar-refractivity contribution < 1.29 is 14.0 Å². The summed E-state index contributed by atoms with van der Waals surface area (Å²) >= 11 is 0. The van der Waals surface area contributed by atoms with E-state index < -0.39 is 6.04 Å². The lowest BCUT2D eigenvalue weighted by Gasteiger charge is -2.28. The van der Waals surface area contributed by atoms with Gasteiger partial charge in [-0.25, -0.2) is 4.39 Å². The molecule has 0 aliphatic heterocycles. The van der Waals surface area contributed by atoms with Crippen LogP contribution >= 0.6 is 0 Å². The van der Waals surface area contributed by atoms with E-state index in [1.54, 1.807) is 24.0 Å². The van der Waals surface area contributed by atoms with Gasteiger partial charge in [0.1, 0.15) is 11.9 Å². The maximum absolute atomic E-state index is 13.1. The van der Waals surface area contributed by atoms with Gasteiger partial charge in [0, 0.05) is 13.1 Å². The molecule has 0 aliphatic carbocycles. The molecule has 138 valence electrons. The second kappa shape index (κ2) is 9.70. The van der Waals surface area contributed by atoms with Crippen LogP contribution < -0.4 is 5.32 Å². The highest BCUT2D eigenvalue weighted by molar-refractivity contribution is 5.88. The van der Waals surface area contributed by atoms with Gasteiger partial charge in [0.15, 0.2) is 0 Å². The van der Waals surface area contributed by atoms with E-state index in [9.17, 15) is 14.0 Å². The van der Waals surface area contributed by atoms with Crippen molar-refractivity contribution in [2.45, 2.75) is 32.7 Å². The molecule has 0 aliphatic rings. The van der Waals surface area contributed by atoms with Crippen LogP contribution in [-0.4, -0.2) is 35.8 Å². The lowest BCUT2D eigenvalue weighted by Crippen LogP contribution is -2.49. The molecule has 0 radical (unpaired) electrons. The van der Waals surface area contributed by atoms with Crippen molar-refractivity contribution in [2.24, 2.45) is 0 Å². The van der Waals surface area contributed by atoms with Gasteiger partial charge >= 0.3 is 0 Å². The second-order valence-corrected chi connectivity index (χ2v) is 6.20. The standard InChI is InChI=1S/C21H25FN2O2/c1-3-23-21(26)16(2)24(14-13-17-7-5-4-6-8-17)20(25)15-18-9-11-19(22)12-10-18/h4-12,16H,3,13-15H2,1-2H3,(H,23,26)/t16-/m1/s1. The van der Waals surface area contributed by atoms with E-state index in [0.717, 1.165) is 11.1 Å². The average molecular weight is 356 g/mol. The predicted molar refractivity (Wildman–Crippen MR) is 100 cm³/mol. The van der Waals surface area contributed by atoms with Crippen LogP contribution in [0.5, 0.6) is 0 Å². The molecule has 0 saturated heterocycles. The van der Waals surface area contributed by atoms with Gasteiger partial charge in [-0.05, 0) is 43.5 Å². The summed E-state index contributed by atoms with van der Waals surface area (Å²) in [6.07, 6.45) is 0.804. The number of rotatable bonds is 8. The molecule has 26 heavy (non-hydrogen) atoms. The van der Waals surface area contributed by atoms with Gasteiger partial charge < -0.3 is 10.2 Å². The number of likely N-dealkylation sites (N-methyl/N-ethyl adjacent to an activating group) is 1. The number of halogens is 1. The summed E-state index contributed by atoms with van der Waals surface area (Å²) in [5.74, 6) is -0.655. The molecule has 0 saturated carbocycles. The monoisotopic (exact) mass is 356 g/mol. The van der Waals surface area contributed by atoms with Gasteiger partial charge in [0.2, 0.25) is 11.8 Å². The Morgan fingerprint density at radius 2 is 1.69 bits per heavy atom. The van der Waals surface area contributed by atoms with E-state index in [2.05, 4.69) is 5.32 Å². The second-order valence-electron chi connectivity index (χ2n) is 6.20. The van der Waals surface area contributed by atoms with Gasteiger partial charge in [-0.2, -0.15) is 0 Å². The highest BCUT2D eigenvalue weighted by Crippen LogP contribution is 2.10. The van der Waals surface area contributed by atoms with Crippen molar-refractivity contribution in [3.05, 3.63) is 71.5 Å². The minimum Gasteiger partial charge on any atom is -0.355 e. The Morgan fingerprint density at radius 3 is 2.31 bits per heavy atom. The summed E-state index contributed by atoms with van der Waals surface area (Å²) in [4.78, 5) is 26.7. The van der Waals surface area contributed by atoms with Crippen molar-refractivity contribution in [1.29, 1.82) is 0 Å². The number of nitrogens with zero attached hydrogens (tertiary/aromatic N) is 1. The van der Waals surface area contributed by atoms with Gasteiger partial charge in [-0.1, -0.05) is 42.5 Å². The maximum atomic E-state index is 13.1. The molecule has 0 aromatic heterocycles. The first-order valence-electron chi connectivity index (χ1n) is 8.86. The van der Waals surface area contributed by atoms with Crippen LogP contribution in [-0.2, 0) is 22.4 Å². The summed E-state index contributed by atoms with van der Waals surface area (Å²) < 4.78 is 13.1. The minimum absolute atomic E-state index is 0.138. The summed E-state index contributed by atoms with van der Waals surface area (Å²) in [6, 6.07) is 15.1. The molecule has 0 bridgehead atoms. The van der Waals surface area contributed by atoms with Gasteiger partial charge in [-0.3, -0.25) is 9.59 Å². The molecule has 0 heterocycles. The molecule has 0 fully saturated rings. The molecule has 0 spiro atoms. The highest BCUT2D eigenvalue weighted by atomic mass is 19.1. The predicted octanol–water partition coefficient (Wildman–Crippen LogP) is 2.96. The summed E-state index contributed by atoms with van der Waals surface area (Å²) in [7, 11) is 0. The normalized spacial score (nSPS) is 11.7. The fourth-order valence-electron chi connectivity index (χ4n) is 2.77. The van der Waals surface area contributed by atoms with E-state index in [0.29, 0.717) is 19.5 Å². The lowest BCUT2D eigenvalue weighted by atomic mass is 10.1. The molecule has 1 N–H and O–H groups in total. The number of benzene rings is 2. The fraction of sp³-hybridized carbons (Fsp3) is 0.333. The Hall–Kier alpha value is -2.69. The molecule has 2 aromatic rings. The molecule has 4 nitrogen and oxygen atoms in total. The first-order chi connectivity index (χ1) is 12.5. The smallest absolute Gasteiger partial charge is 0.242 e. The van der Waals surface area contributed by atoms with Crippen molar-refractivity contribution in [2.75, 3.05) is 13.1 Å². The molecule has 2 rings (SSSR count). The zero-order valence-electron chi connectivity index (χ0n) is 15.2. The minimum atomic E-state index is -0.563. The maximum Gasteiger partial charge on any atom is 0.242 e. The van der Waals surface area contributed by atoms with Crippen molar-refractivity contribution in [3.8, 4) is 0 Å². The van der Waals surface area contributed by atoms with Crippen molar-refractivity contribution in [3.63, 3.8) is 0 Å². The summed E-state index contributed by atoms with van der Waals surface area (Å²) in [5, 5.41) is 2.77. The Balaban J connectivity index is 2.11. The van der Waals surface area contributed by atoms with Crippen LogP contribution in [0.1, 0.15) is 25.0 Å². The van der Waals surface area contributed by atoms with E-state index in [4.69, 9.17) is 0 Å². The lowest BCUT2D eigenvalue weighted by molar-refractivity contribution is -0.139. The Morgan fingerprint density at radius 1 is 1.04 bits per heavy atom. The molecule has 5 heteroatoms. The van der Waals surface area contributed by atoms with E-state index in [1.807, 2.05) is 37.3 Å². The Bertz CT molecular complexity index is 717. The van der Waals surface area contributed by atoms with Crippen LogP contribution in [0, 0.1) is 5.82 Å². The quantitative estimate of drug-likeness (QED) is 0.791. The zero-order valence-corrected chi connectivity index (χ0v) is 15.2. The van der Waals surface area contributed by atoms with Gasteiger partial charge in [0.25, 0.3) is 0 Å². The summed E-state index contributed by atoms with van der Waals surface area (Å²) in [6.45, 7) is 4.54. The van der Waals surface area contributed by atoms with Gasteiger partial charge in [0.05, 0.1) is 6.42 Å².